The predicted octanol–water partition coefficient (Wildman–Crippen LogP) is 3.98. The van der Waals surface area contributed by atoms with Crippen LogP contribution in [-0.4, -0.2) is 22.3 Å². The van der Waals surface area contributed by atoms with Crippen LogP contribution in [0.4, 0.5) is 4.39 Å². The van der Waals surface area contributed by atoms with Crippen molar-refractivity contribution in [1.82, 2.24) is 15.1 Å². The average molecular weight is 367 g/mol. The molecule has 140 valence electrons. The number of ether oxygens (including phenoxy) is 1. The van der Waals surface area contributed by atoms with Gasteiger partial charge in [-0.05, 0) is 30.2 Å². The van der Waals surface area contributed by atoms with E-state index in [1.165, 1.54) is 10.7 Å². The van der Waals surface area contributed by atoms with Crippen LogP contribution >= 0.6 is 0 Å². The van der Waals surface area contributed by atoms with Gasteiger partial charge in [-0.1, -0.05) is 44.2 Å². The highest BCUT2D eigenvalue weighted by Crippen LogP contribution is 2.19. The van der Waals surface area contributed by atoms with E-state index in [0.717, 1.165) is 11.3 Å². The van der Waals surface area contributed by atoms with Gasteiger partial charge in [-0.25, -0.2) is 9.07 Å². The summed E-state index contributed by atoms with van der Waals surface area (Å²) in [5, 5.41) is 7.00. The van der Waals surface area contributed by atoms with Crippen LogP contribution in [0.3, 0.4) is 0 Å². The molecule has 0 spiro atoms. The van der Waals surface area contributed by atoms with E-state index >= 15 is 0 Å². The maximum atomic E-state index is 13.9. The summed E-state index contributed by atoms with van der Waals surface area (Å²) in [6, 6.07) is 15.4. The predicted molar refractivity (Wildman–Crippen MR) is 101 cm³/mol. The monoisotopic (exact) mass is 367 g/mol. The Labute approximate surface area is 157 Å². The molecule has 0 saturated carbocycles. The number of nitrogens with one attached hydrogen (secondary N) is 1. The number of para-hydroxylation sites is 2. The van der Waals surface area contributed by atoms with Crippen LogP contribution in [0.2, 0.25) is 0 Å². The summed E-state index contributed by atoms with van der Waals surface area (Å²) < 4.78 is 21.0. The van der Waals surface area contributed by atoms with Gasteiger partial charge in [0.15, 0.2) is 5.69 Å². The van der Waals surface area contributed by atoms with Crippen LogP contribution in [0, 0.1) is 11.7 Å². The fourth-order valence-corrected chi connectivity index (χ4v) is 2.53. The number of amides is 1. The summed E-state index contributed by atoms with van der Waals surface area (Å²) in [6.45, 7) is 5.09. The highest BCUT2D eigenvalue weighted by Gasteiger charge is 2.13. The lowest BCUT2D eigenvalue weighted by Crippen LogP contribution is -2.24. The zero-order valence-corrected chi connectivity index (χ0v) is 15.4. The second-order valence-electron chi connectivity index (χ2n) is 6.59. The smallest absolute Gasteiger partial charge is 0.272 e. The van der Waals surface area contributed by atoms with Crippen molar-refractivity contribution >= 4 is 5.91 Å². The minimum absolute atomic E-state index is 0.221. The molecule has 2 aromatic carbocycles. The van der Waals surface area contributed by atoms with E-state index in [1.807, 2.05) is 24.3 Å². The Morgan fingerprint density at radius 1 is 1.15 bits per heavy atom. The number of aromatic nitrogens is 2. The van der Waals surface area contributed by atoms with E-state index in [-0.39, 0.29) is 11.6 Å². The van der Waals surface area contributed by atoms with Crippen molar-refractivity contribution in [3.63, 3.8) is 0 Å². The summed E-state index contributed by atoms with van der Waals surface area (Å²) in [5.74, 6) is 0.436. The van der Waals surface area contributed by atoms with E-state index in [0.29, 0.717) is 24.8 Å². The van der Waals surface area contributed by atoms with Crippen LogP contribution < -0.4 is 10.1 Å². The molecule has 0 saturated heterocycles. The molecule has 5 nitrogen and oxygen atoms in total. The normalized spacial score (nSPS) is 10.8. The minimum Gasteiger partial charge on any atom is -0.493 e. The maximum absolute atomic E-state index is 13.9. The lowest BCUT2D eigenvalue weighted by Gasteiger charge is -2.13. The molecule has 0 aliphatic heterocycles. The quantitative estimate of drug-likeness (QED) is 0.687. The maximum Gasteiger partial charge on any atom is 0.272 e. The minimum atomic E-state index is -0.399. The molecule has 1 heterocycles. The first-order valence-corrected chi connectivity index (χ1v) is 8.84. The first-order valence-electron chi connectivity index (χ1n) is 8.84. The molecule has 1 amide bonds. The topological polar surface area (TPSA) is 56.1 Å². The zero-order valence-electron chi connectivity index (χ0n) is 15.4. The van der Waals surface area contributed by atoms with Gasteiger partial charge in [0.2, 0.25) is 0 Å². The number of hydrogen-bond acceptors (Lipinski definition) is 3. The average Bonchev–Trinajstić information content (AvgIpc) is 3.15. The first-order chi connectivity index (χ1) is 13.0. The molecule has 0 bridgehead atoms. The molecule has 0 aliphatic carbocycles. The number of nitrogens with zero attached hydrogens (tertiary/aromatic N) is 2. The van der Waals surface area contributed by atoms with E-state index in [4.69, 9.17) is 4.74 Å². The molecule has 0 atom stereocenters. The number of halogens is 1. The number of rotatable bonds is 7. The lowest BCUT2D eigenvalue weighted by molar-refractivity contribution is 0.0945. The van der Waals surface area contributed by atoms with Crippen LogP contribution in [0.5, 0.6) is 5.75 Å². The summed E-state index contributed by atoms with van der Waals surface area (Å²) in [7, 11) is 0. The molecule has 3 rings (SSSR count). The van der Waals surface area contributed by atoms with Crippen molar-refractivity contribution in [2.45, 2.75) is 20.4 Å². The number of benzene rings is 2. The van der Waals surface area contributed by atoms with Gasteiger partial charge in [-0.2, -0.15) is 5.10 Å². The molecule has 0 aliphatic rings. The summed E-state index contributed by atoms with van der Waals surface area (Å²) in [5.41, 5.74) is 1.41. The fourth-order valence-electron chi connectivity index (χ4n) is 2.53. The van der Waals surface area contributed by atoms with Gasteiger partial charge in [-0.15, -0.1) is 0 Å². The highest BCUT2D eigenvalue weighted by molar-refractivity contribution is 5.92. The molecular weight excluding hydrogens is 345 g/mol. The third-order valence-corrected chi connectivity index (χ3v) is 3.91. The molecular formula is C21H22FN3O2. The van der Waals surface area contributed by atoms with Crippen molar-refractivity contribution < 1.29 is 13.9 Å². The van der Waals surface area contributed by atoms with Gasteiger partial charge in [0.05, 0.1) is 6.61 Å². The summed E-state index contributed by atoms with van der Waals surface area (Å²) in [6.07, 6.45) is 1.56. The lowest BCUT2D eigenvalue weighted by atomic mass is 10.2. The van der Waals surface area contributed by atoms with Crippen LogP contribution in [0.15, 0.2) is 60.8 Å². The number of hydrogen-bond donors (Lipinski definition) is 1. The second-order valence-corrected chi connectivity index (χ2v) is 6.59. The van der Waals surface area contributed by atoms with Gasteiger partial charge >= 0.3 is 0 Å². The van der Waals surface area contributed by atoms with Crippen LogP contribution in [-0.2, 0) is 6.54 Å². The van der Waals surface area contributed by atoms with Crippen molar-refractivity contribution in [1.29, 1.82) is 0 Å². The summed E-state index contributed by atoms with van der Waals surface area (Å²) in [4.78, 5) is 12.4. The van der Waals surface area contributed by atoms with Crippen LogP contribution in [0.1, 0.15) is 29.9 Å². The van der Waals surface area contributed by atoms with Crippen molar-refractivity contribution in [3.05, 3.63) is 77.9 Å². The third kappa shape index (κ3) is 4.73. The molecule has 27 heavy (non-hydrogen) atoms. The first kappa shape index (κ1) is 18.6. The van der Waals surface area contributed by atoms with Gasteiger partial charge in [0.25, 0.3) is 5.91 Å². The van der Waals surface area contributed by atoms with Crippen molar-refractivity contribution in [2.75, 3.05) is 6.61 Å². The van der Waals surface area contributed by atoms with E-state index in [2.05, 4.69) is 24.3 Å². The molecule has 0 unspecified atom stereocenters. The van der Waals surface area contributed by atoms with Crippen LogP contribution in [0.25, 0.3) is 5.69 Å². The van der Waals surface area contributed by atoms with Crippen molar-refractivity contribution in [2.24, 2.45) is 5.92 Å². The van der Waals surface area contributed by atoms with E-state index in [9.17, 15) is 9.18 Å². The number of carbonyl (C=O) groups is 1. The Morgan fingerprint density at radius 2 is 1.89 bits per heavy atom. The van der Waals surface area contributed by atoms with E-state index in [1.54, 1.807) is 30.5 Å². The molecule has 1 aromatic heterocycles. The third-order valence-electron chi connectivity index (χ3n) is 3.91. The second kappa shape index (κ2) is 8.49. The Bertz CT molecular complexity index is 921. The summed E-state index contributed by atoms with van der Waals surface area (Å²) >= 11 is 0. The number of carbonyl (C=O) groups excluding carboxylic acids is 1. The molecule has 0 fully saturated rings. The zero-order chi connectivity index (χ0) is 19.2. The fraction of sp³-hybridized carbons (Fsp3) is 0.238. The highest BCUT2D eigenvalue weighted by atomic mass is 19.1. The Kier molecular flexibility index (Phi) is 5.86. The van der Waals surface area contributed by atoms with Gasteiger partial charge in [0, 0.05) is 18.3 Å². The largest absolute Gasteiger partial charge is 0.493 e. The van der Waals surface area contributed by atoms with E-state index < -0.39 is 5.82 Å². The Hall–Kier alpha value is -3.15. The van der Waals surface area contributed by atoms with Gasteiger partial charge in [-0.3, -0.25) is 4.79 Å². The van der Waals surface area contributed by atoms with Crippen molar-refractivity contribution in [3.8, 4) is 11.4 Å². The molecule has 1 N–H and O–H groups in total. The Morgan fingerprint density at radius 3 is 2.67 bits per heavy atom. The molecule has 6 heteroatoms. The van der Waals surface area contributed by atoms with Gasteiger partial charge < -0.3 is 10.1 Å². The Balaban J connectivity index is 1.66. The standard InChI is InChI=1S/C21H22FN3O2/c1-15(2)14-27-20-10-6-3-7-16(20)13-23-21(26)18-11-12-25(24-18)19-9-5-4-8-17(19)22/h3-12,15H,13-14H2,1-2H3,(H,23,26). The molecule has 0 radical (unpaired) electrons. The molecule has 3 aromatic rings. The SMILES string of the molecule is CC(C)COc1ccccc1CNC(=O)c1ccn(-c2ccccc2F)n1. The van der Waals surface area contributed by atoms with Gasteiger partial charge in [0.1, 0.15) is 17.3 Å².